The van der Waals surface area contributed by atoms with E-state index in [4.69, 9.17) is 18.9 Å². The van der Waals surface area contributed by atoms with Crippen LogP contribution in [0.25, 0.3) is 0 Å². The Hall–Kier alpha value is -7.05. The highest BCUT2D eigenvalue weighted by Gasteiger charge is 2.74. The topological polar surface area (TPSA) is 181 Å². The quantitative estimate of drug-likeness (QED) is 0.0436. The number of carbonyl (C=O) groups excluding carboxylic acids is 6. The maximum absolute atomic E-state index is 15.2. The minimum Gasteiger partial charge on any atom is -0.508 e. The molecule has 15 nitrogen and oxygen atoms in total. The number of phenolic OH excluding ortho intramolecular Hbond substituents is 1. The van der Waals surface area contributed by atoms with Gasteiger partial charge in [-0.2, -0.15) is 0 Å². The average Bonchev–Trinajstić information content (AvgIpc) is 4.18. The molecule has 362 valence electrons. The van der Waals surface area contributed by atoms with Crippen molar-refractivity contribution in [2.45, 2.75) is 67.0 Å². The average molecular weight is 1070 g/mol. The number of morpholine rings is 1. The number of ether oxygens (including phenoxy) is 4. The van der Waals surface area contributed by atoms with Gasteiger partial charge in [-0.1, -0.05) is 97.6 Å². The van der Waals surface area contributed by atoms with Crippen molar-refractivity contribution < 1.29 is 52.8 Å². The van der Waals surface area contributed by atoms with Gasteiger partial charge in [0.2, 0.25) is 17.7 Å². The number of anilines is 1. The molecule has 11 rings (SSSR count). The summed E-state index contributed by atoms with van der Waals surface area (Å²) in [5.74, 6) is -4.57. The molecule has 5 aromatic rings. The zero-order valence-corrected chi connectivity index (χ0v) is 40.5. The largest absolute Gasteiger partial charge is 0.508 e. The van der Waals surface area contributed by atoms with E-state index in [2.05, 4.69) is 34.5 Å². The number of benzene rings is 5. The lowest BCUT2D eigenvalue weighted by Gasteiger charge is -2.46. The summed E-state index contributed by atoms with van der Waals surface area (Å²) in [5, 5.41) is 13.1. The van der Waals surface area contributed by atoms with E-state index >= 15 is 4.79 Å². The minimum absolute atomic E-state index is 0.0316. The molecule has 0 saturated carbocycles. The van der Waals surface area contributed by atoms with Crippen molar-refractivity contribution in [3.05, 3.63) is 171 Å². The Morgan fingerprint density at radius 1 is 0.775 bits per heavy atom. The molecule has 2 N–H and O–H groups in total. The molecule has 16 heteroatoms. The maximum atomic E-state index is 15.2. The first-order valence-electron chi connectivity index (χ1n) is 23.8. The summed E-state index contributed by atoms with van der Waals surface area (Å²) in [7, 11) is 0. The molecule has 5 fully saturated rings. The van der Waals surface area contributed by atoms with Crippen LogP contribution in [0.4, 0.5) is 5.69 Å². The van der Waals surface area contributed by atoms with Crippen molar-refractivity contribution in [3.8, 4) is 11.5 Å². The van der Waals surface area contributed by atoms with Crippen LogP contribution in [0.2, 0.25) is 0 Å². The number of nitrogens with zero attached hydrogens (tertiary/aromatic N) is 3. The Morgan fingerprint density at radius 3 is 2.18 bits per heavy atom. The molecule has 0 unspecified atom stereocenters. The molecule has 6 aliphatic rings. The van der Waals surface area contributed by atoms with E-state index in [1.807, 2.05) is 89.8 Å². The monoisotopic (exact) mass is 1070 g/mol. The van der Waals surface area contributed by atoms with Gasteiger partial charge in [-0.05, 0) is 112 Å². The zero-order chi connectivity index (χ0) is 49.1. The van der Waals surface area contributed by atoms with Crippen molar-refractivity contribution >= 4 is 63.9 Å². The molecule has 71 heavy (non-hydrogen) atoms. The molecule has 0 bridgehead atoms. The Kier molecular flexibility index (Phi) is 12.1. The molecule has 3 amide bonds. The Morgan fingerprint density at radius 2 is 1.46 bits per heavy atom. The van der Waals surface area contributed by atoms with Gasteiger partial charge < -0.3 is 39.2 Å². The van der Waals surface area contributed by atoms with Crippen LogP contribution in [0.5, 0.6) is 11.5 Å². The van der Waals surface area contributed by atoms with E-state index in [9.17, 15) is 29.1 Å². The van der Waals surface area contributed by atoms with Gasteiger partial charge >= 0.3 is 17.9 Å². The summed E-state index contributed by atoms with van der Waals surface area (Å²) in [6.07, 6.45) is 2.01. The molecular formula is C55H49IN4O11. The van der Waals surface area contributed by atoms with Gasteiger partial charge in [-0.15, -0.1) is 0 Å². The van der Waals surface area contributed by atoms with Crippen molar-refractivity contribution in [1.29, 1.82) is 0 Å². The number of amides is 3. The number of cyclic esters (lactones) is 1. The van der Waals surface area contributed by atoms with E-state index in [1.54, 1.807) is 40.1 Å². The first-order chi connectivity index (χ1) is 34.5. The number of halogens is 1. The standard InChI is InChI=1S/C55H49IN4O11/c1-2-26-69-52(65)43-46-53(66)71-47(33-12-7-4-8-13-33)45(31-10-5-3-6-11-31)60(46)48(55(43)39-29-35(56)19-24-40(39)57-54(55)67)34-17-22-37(23-18-34)68-27-28-70-51(64)38-30-42-49(62)58-25-9-14-41(58)50(63)59(42)44(38)32-15-20-36(61)21-16-32/h2-8,10-13,15-24,29,38,41-48,61H,1,9,14,25-28,30H2,(H,57,67)/t38-,41+,42-,43+,44-,45+,46+,47-,48-,55+/m1/s1. The second-order valence-electron chi connectivity index (χ2n) is 18.7. The molecule has 6 heterocycles. The van der Waals surface area contributed by atoms with Crippen molar-refractivity contribution in [2.75, 3.05) is 31.7 Å². The summed E-state index contributed by atoms with van der Waals surface area (Å²) in [5.41, 5.74) is 2.12. The molecule has 5 saturated heterocycles. The summed E-state index contributed by atoms with van der Waals surface area (Å²) in [4.78, 5) is 91.6. The number of aromatic hydroxyl groups is 1. The van der Waals surface area contributed by atoms with Crippen LogP contribution in [0.3, 0.4) is 0 Å². The number of carbonyl (C=O) groups is 6. The van der Waals surface area contributed by atoms with Gasteiger partial charge in [0.1, 0.15) is 66.9 Å². The van der Waals surface area contributed by atoms with Gasteiger partial charge in [0.25, 0.3) is 0 Å². The number of rotatable bonds is 12. The number of nitrogens with one attached hydrogen (secondary N) is 1. The van der Waals surface area contributed by atoms with Gasteiger partial charge in [-0.3, -0.25) is 33.7 Å². The summed E-state index contributed by atoms with van der Waals surface area (Å²) in [6, 6.07) is 33.0. The van der Waals surface area contributed by atoms with Crippen molar-refractivity contribution in [2.24, 2.45) is 11.8 Å². The number of phenols is 1. The molecule has 1 spiro atoms. The lowest BCUT2D eigenvalue weighted by molar-refractivity contribution is -0.180. The molecule has 10 atom stereocenters. The minimum atomic E-state index is -1.70. The molecule has 0 aromatic heterocycles. The molecule has 0 radical (unpaired) electrons. The maximum Gasteiger partial charge on any atom is 0.325 e. The van der Waals surface area contributed by atoms with E-state index < -0.39 is 83.4 Å². The number of hydrogen-bond donors (Lipinski definition) is 2. The predicted molar refractivity (Wildman–Crippen MR) is 264 cm³/mol. The molecule has 6 aliphatic heterocycles. The number of fused-ring (bicyclic) bond motifs is 5. The van der Waals surface area contributed by atoms with Crippen LogP contribution in [0.15, 0.2) is 140 Å². The normalized spacial score (nSPS) is 28.4. The molecule has 5 aromatic carbocycles. The fourth-order valence-electron chi connectivity index (χ4n) is 12.2. The van der Waals surface area contributed by atoms with E-state index in [-0.39, 0.29) is 43.8 Å². The van der Waals surface area contributed by atoms with Crippen LogP contribution in [-0.2, 0) is 48.4 Å². The SMILES string of the molecule is C=CCOC(=O)[C@@H]1[C@H]2C(=O)O[C@H](c3ccccc3)[C@H](c3ccccc3)N2[C@H](c2ccc(OCCOC(=O)[C@@H]3C[C@@H]4C(=O)N5CCC[C@H]5C(=O)N4[C@@H]3c3ccc(O)cc3)cc2)[C@@]12C(=O)Nc1ccc(I)cc12. The lowest BCUT2D eigenvalue weighted by Crippen LogP contribution is -2.60. The Bertz CT molecular complexity index is 2940. The first kappa shape index (κ1) is 46.3. The second kappa shape index (κ2) is 18.6. The number of piperazine rings is 1. The van der Waals surface area contributed by atoms with Crippen molar-refractivity contribution in [1.82, 2.24) is 14.7 Å². The molecule has 0 aliphatic carbocycles. The van der Waals surface area contributed by atoms with E-state index in [0.29, 0.717) is 41.1 Å². The van der Waals surface area contributed by atoms with Crippen LogP contribution in [-0.4, -0.2) is 99.9 Å². The number of hydrogen-bond acceptors (Lipinski definition) is 12. The highest BCUT2D eigenvalue weighted by Crippen LogP contribution is 2.65. The van der Waals surface area contributed by atoms with Crippen LogP contribution < -0.4 is 10.1 Å². The summed E-state index contributed by atoms with van der Waals surface area (Å²) < 4.78 is 25.1. The highest BCUT2D eigenvalue weighted by molar-refractivity contribution is 14.1. The fraction of sp³-hybridized carbons (Fsp3) is 0.309. The van der Waals surface area contributed by atoms with Gasteiger partial charge in [0.05, 0.1) is 24.0 Å². The fourth-order valence-corrected chi connectivity index (χ4v) is 12.7. The van der Waals surface area contributed by atoms with E-state index in [1.165, 1.54) is 18.2 Å². The van der Waals surface area contributed by atoms with Crippen LogP contribution in [0, 0.1) is 15.4 Å². The highest BCUT2D eigenvalue weighted by atomic mass is 127. The summed E-state index contributed by atoms with van der Waals surface area (Å²) in [6.45, 7) is 3.91. The van der Waals surface area contributed by atoms with E-state index in [0.717, 1.165) is 21.1 Å². The third kappa shape index (κ3) is 7.64. The predicted octanol–water partition coefficient (Wildman–Crippen LogP) is 6.88. The lowest BCUT2D eigenvalue weighted by atomic mass is 9.65. The third-order valence-corrected chi connectivity index (χ3v) is 15.7. The van der Waals surface area contributed by atoms with Gasteiger partial charge in [0.15, 0.2) is 0 Å². The number of esters is 3. The smallest absolute Gasteiger partial charge is 0.325 e. The summed E-state index contributed by atoms with van der Waals surface area (Å²) >= 11 is 2.18. The first-order valence-corrected chi connectivity index (χ1v) is 24.9. The van der Waals surface area contributed by atoms with Crippen LogP contribution in [0.1, 0.15) is 71.3 Å². The van der Waals surface area contributed by atoms with Crippen LogP contribution >= 0.6 is 22.6 Å². The molecular weight excluding hydrogens is 1020 g/mol. The zero-order valence-electron chi connectivity index (χ0n) is 38.3. The Labute approximate surface area is 422 Å². The van der Waals surface area contributed by atoms with Gasteiger partial charge in [0, 0.05) is 15.8 Å². The van der Waals surface area contributed by atoms with Gasteiger partial charge in [-0.25, -0.2) is 0 Å². The Balaban J connectivity index is 0.911. The third-order valence-electron chi connectivity index (χ3n) is 15.1. The second-order valence-corrected chi connectivity index (χ2v) is 20.0. The van der Waals surface area contributed by atoms with Crippen molar-refractivity contribution in [3.63, 3.8) is 0 Å².